The lowest BCUT2D eigenvalue weighted by Crippen LogP contribution is -2.22. The van der Waals surface area contributed by atoms with E-state index in [0.29, 0.717) is 5.82 Å². The third kappa shape index (κ3) is 3.29. The van der Waals surface area contributed by atoms with Crippen LogP contribution in [0.3, 0.4) is 0 Å². The first kappa shape index (κ1) is 11.6. The summed E-state index contributed by atoms with van der Waals surface area (Å²) in [7, 11) is 0. The molecule has 0 fully saturated rings. The van der Waals surface area contributed by atoms with Crippen molar-refractivity contribution in [2.75, 3.05) is 12.3 Å². The van der Waals surface area contributed by atoms with E-state index in [4.69, 9.17) is 10.2 Å². The zero-order chi connectivity index (χ0) is 12.1. The Morgan fingerprint density at radius 3 is 2.76 bits per heavy atom. The van der Waals surface area contributed by atoms with Gasteiger partial charge in [-0.15, -0.1) is 0 Å². The van der Waals surface area contributed by atoms with Crippen LogP contribution in [0.1, 0.15) is 18.4 Å². The van der Waals surface area contributed by atoms with E-state index >= 15 is 0 Å². The summed E-state index contributed by atoms with van der Waals surface area (Å²) in [4.78, 5) is 10.5. The molecule has 0 unspecified atom stereocenters. The van der Waals surface area contributed by atoms with Gasteiger partial charge in [0, 0.05) is 6.54 Å². The molecule has 0 spiro atoms. The fourth-order valence-corrected chi connectivity index (χ4v) is 1.58. The molecule has 2 aromatic rings. The summed E-state index contributed by atoms with van der Waals surface area (Å²) in [5.74, 6) is 1.40. The zero-order valence-corrected chi connectivity index (χ0v) is 9.84. The predicted octanol–water partition coefficient (Wildman–Crippen LogP) is 1.67. The van der Waals surface area contributed by atoms with Crippen LogP contribution >= 0.6 is 0 Å². The maximum atomic E-state index is 5.50. The molecule has 0 aliphatic rings. The second kappa shape index (κ2) is 5.45. The summed E-state index contributed by atoms with van der Waals surface area (Å²) in [5.41, 5.74) is 6.41. The normalized spacial score (nSPS) is 10.9. The van der Waals surface area contributed by atoms with Gasteiger partial charge in [0.25, 0.3) is 0 Å². The molecule has 0 radical (unpaired) electrons. The van der Waals surface area contributed by atoms with Crippen LogP contribution in [0.5, 0.6) is 0 Å². The second-order valence-corrected chi connectivity index (χ2v) is 3.82. The van der Waals surface area contributed by atoms with E-state index in [1.54, 1.807) is 18.7 Å². The van der Waals surface area contributed by atoms with Gasteiger partial charge in [-0.2, -0.15) is 0 Å². The fraction of sp³-hybridized carbons (Fsp3) is 0.333. The minimum absolute atomic E-state index is 0.447. The van der Waals surface area contributed by atoms with Crippen molar-refractivity contribution in [1.29, 1.82) is 0 Å². The van der Waals surface area contributed by atoms with E-state index in [9.17, 15) is 0 Å². The van der Waals surface area contributed by atoms with Gasteiger partial charge in [0.05, 0.1) is 30.9 Å². The number of nitrogen functional groups attached to an aromatic ring is 1. The van der Waals surface area contributed by atoms with Crippen molar-refractivity contribution >= 4 is 5.82 Å². The Morgan fingerprint density at radius 2 is 2.18 bits per heavy atom. The van der Waals surface area contributed by atoms with Crippen LogP contribution in [0.4, 0.5) is 5.82 Å². The van der Waals surface area contributed by atoms with Crippen molar-refractivity contribution in [3.05, 3.63) is 42.2 Å². The lowest BCUT2D eigenvalue weighted by atomic mass is 10.3. The summed E-state index contributed by atoms with van der Waals surface area (Å²) < 4.78 is 5.32. The number of aromatic nitrogens is 2. The summed E-state index contributed by atoms with van der Waals surface area (Å²) in [6, 6.07) is 3.86. The first-order valence-corrected chi connectivity index (χ1v) is 5.59. The minimum atomic E-state index is 0.447. The molecule has 2 N–H and O–H groups in total. The molecule has 0 saturated carbocycles. The monoisotopic (exact) mass is 232 g/mol. The molecule has 0 saturated heterocycles. The standard InChI is InChI=1S/C12H16N4O/c1-2-16(9-11-4-3-5-17-11)8-10-6-15-12(13)7-14-10/h3-7H,2,8-9H2,1H3,(H2,13,15). The van der Waals surface area contributed by atoms with Crippen LogP contribution in [0, 0.1) is 0 Å². The number of rotatable bonds is 5. The molecule has 2 heterocycles. The van der Waals surface area contributed by atoms with Gasteiger partial charge in [-0.25, -0.2) is 4.98 Å². The van der Waals surface area contributed by atoms with Crippen LogP contribution in [0.2, 0.25) is 0 Å². The SMILES string of the molecule is CCN(Cc1cnc(N)cn1)Cc1ccco1. The minimum Gasteiger partial charge on any atom is -0.468 e. The lowest BCUT2D eigenvalue weighted by molar-refractivity contribution is 0.245. The van der Waals surface area contributed by atoms with Gasteiger partial charge in [-0.05, 0) is 18.7 Å². The van der Waals surface area contributed by atoms with E-state index in [2.05, 4.69) is 21.8 Å². The average molecular weight is 232 g/mol. The smallest absolute Gasteiger partial charge is 0.141 e. The third-order valence-corrected chi connectivity index (χ3v) is 2.52. The summed E-state index contributed by atoms with van der Waals surface area (Å²) in [6.45, 7) is 4.54. The number of nitrogens with two attached hydrogens (primary N) is 1. The Hall–Kier alpha value is -1.88. The summed E-state index contributed by atoms with van der Waals surface area (Å²) in [5, 5.41) is 0. The van der Waals surface area contributed by atoms with Crippen molar-refractivity contribution in [2.45, 2.75) is 20.0 Å². The third-order valence-electron chi connectivity index (χ3n) is 2.52. The molecule has 0 aliphatic carbocycles. The number of anilines is 1. The van der Waals surface area contributed by atoms with Gasteiger partial charge in [0.2, 0.25) is 0 Å². The zero-order valence-electron chi connectivity index (χ0n) is 9.84. The Kier molecular flexibility index (Phi) is 3.72. The predicted molar refractivity (Wildman–Crippen MR) is 64.9 cm³/mol. The van der Waals surface area contributed by atoms with Crippen LogP contribution in [0.15, 0.2) is 35.2 Å². The molecule has 0 amide bonds. The molecule has 2 rings (SSSR count). The van der Waals surface area contributed by atoms with Crippen molar-refractivity contribution in [3.63, 3.8) is 0 Å². The highest BCUT2D eigenvalue weighted by Gasteiger charge is 2.07. The van der Waals surface area contributed by atoms with Gasteiger partial charge in [0.15, 0.2) is 0 Å². The molecule has 5 nitrogen and oxygen atoms in total. The van der Waals surface area contributed by atoms with Gasteiger partial charge in [0.1, 0.15) is 11.6 Å². The number of nitrogens with zero attached hydrogens (tertiary/aromatic N) is 3. The number of furan rings is 1. The van der Waals surface area contributed by atoms with Gasteiger partial charge in [-0.1, -0.05) is 6.92 Å². The Morgan fingerprint density at radius 1 is 1.29 bits per heavy atom. The van der Waals surface area contributed by atoms with E-state index in [-0.39, 0.29) is 0 Å². The molecule has 0 aromatic carbocycles. The molecule has 2 aromatic heterocycles. The van der Waals surface area contributed by atoms with Gasteiger partial charge in [-0.3, -0.25) is 9.88 Å². The van der Waals surface area contributed by atoms with E-state index in [1.165, 1.54) is 0 Å². The molecular weight excluding hydrogens is 216 g/mol. The topological polar surface area (TPSA) is 68.2 Å². The van der Waals surface area contributed by atoms with Crippen molar-refractivity contribution in [2.24, 2.45) is 0 Å². The van der Waals surface area contributed by atoms with Crippen LogP contribution in [0.25, 0.3) is 0 Å². The maximum absolute atomic E-state index is 5.50. The largest absolute Gasteiger partial charge is 0.468 e. The highest BCUT2D eigenvalue weighted by atomic mass is 16.3. The van der Waals surface area contributed by atoms with Crippen LogP contribution in [-0.4, -0.2) is 21.4 Å². The number of hydrogen-bond donors (Lipinski definition) is 1. The van der Waals surface area contributed by atoms with E-state index in [1.807, 2.05) is 12.1 Å². The van der Waals surface area contributed by atoms with Crippen LogP contribution < -0.4 is 5.73 Å². The van der Waals surface area contributed by atoms with Crippen molar-refractivity contribution in [1.82, 2.24) is 14.9 Å². The van der Waals surface area contributed by atoms with E-state index in [0.717, 1.165) is 31.1 Å². The Labute approximate surface area is 100 Å². The molecular formula is C12H16N4O. The molecule has 5 heteroatoms. The average Bonchev–Trinajstić information content (AvgIpc) is 2.84. The highest BCUT2D eigenvalue weighted by molar-refractivity contribution is 5.22. The lowest BCUT2D eigenvalue weighted by Gasteiger charge is -2.18. The molecule has 0 aliphatic heterocycles. The second-order valence-electron chi connectivity index (χ2n) is 3.82. The van der Waals surface area contributed by atoms with Gasteiger partial charge < -0.3 is 10.2 Å². The Bertz CT molecular complexity index is 438. The molecule has 0 bridgehead atoms. The quantitative estimate of drug-likeness (QED) is 0.849. The maximum Gasteiger partial charge on any atom is 0.141 e. The molecule has 0 atom stereocenters. The Balaban J connectivity index is 1.97. The van der Waals surface area contributed by atoms with Gasteiger partial charge >= 0.3 is 0 Å². The summed E-state index contributed by atoms with van der Waals surface area (Å²) >= 11 is 0. The highest BCUT2D eigenvalue weighted by Crippen LogP contribution is 2.08. The number of hydrogen-bond acceptors (Lipinski definition) is 5. The molecule has 90 valence electrons. The van der Waals surface area contributed by atoms with Crippen molar-refractivity contribution < 1.29 is 4.42 Å². The van der Waals surface area contributed by atoms with Crippen molar-refractivity contribution in [3.8, 4) is 0 Å². The fourth-order valence-electron chi connectivity index (χ4n) is 1.58. The van der Waals surface area contributed by atoms with Crippen LogP contribution in [-0.2, 0) is 13.1 Å². The summed E-state index contributed by atoms with van der Waals surface area (Å²) in [6.07, 6.45) is 4.97. The first-order valence-electron chi connectivity index (χ1n) is 5.59. The first-order chi connectivity index (χ1) is 8.28. The van der Waals surface area contributed by atoms with E-state index < -0.39 is 0 Å². The molecule has 17 heavy (non-hydrogen) atoms.